The van der Waals surface area contributed by atoms with E-state index in [1.54, 1.807) is 6.07 Å². The Labute approximate surface area is 115 Å². The van der Waals surface area contributed by atoms with Crippen LogP contribution < -0.4 is 0 Å². The molecular weight excluding hydrogens is 295 g/mol. The number of nitrogens with zero attached hydrogens (tertiary/aromatic N) is 2. The summed E-state index contributed by atoms with van der Waals surface area (Å²) < 4.78 is 15.0. The summed E-state index contributed by atoms with van der Waals surface area (Å²) in [6, 6.07) is 6.17. The molecule has 3 rings (SSSR count). The van der Waals surface area contributed by atoms with Crippen LogP contribution in [0, 0.1) is 0 Å². The highest BCUT2D eigenvalue weighted by molar-refractivity contribution is 9.10. The molecule has 2 fully saturated rings. The van der Waals surface area contributed by atoms with Crippen molar-refractivity contribution in [3.8, 4) is 0 Å². The van der Waals surface area contributed by atoms with Crippen LogP contribution in [0.5, 0.6) is 0 Å². The van der Waals surface area contributed by atoms with E-state index in [0.29, 0.717) is 10.3 Å². The Morgan fingerprint density at radius 1 is 1.28 bits per heavy atom. The van der Waals surface area contributed by atoms with Gasteiger partial charge in [0.2, 0.25) is 0 Å². The molecule has 0 N–H and O–H groups in total. The van der Waals surface area contributed by atoms with Gasteiger partial charge in [0.05, 0.1) is 5.69 Å². The molecule has 18 heavy (non-hydrogen) atoms. The molecule has 1 aromatic rings. The van der Waals surface area contributed by atoms with Crippen LogP contribution in [-0.4, -0.2) is 29.0 Å². The zero-order valence-electron chi connectivity index (χ0n) is 10.2. The molecule has 1 saturated heterocycles. The van der Waals surface area contributed by atoms with Gasteiger partial charge in [-0.3, -0.25) is 4.90 Å². The van der Waals surface area contributed by atoms with Gasteiger partial charge >= 0.3 is 0 Å². The van der Waals surface area contributed by atoms with Gasteiger partial charge in [0.25, 0.3) is 0 Å². The van der Waals surface area contributed by atoms with Crippen LogP contribution >= 0.6 is 15.9 Å². The molecule has 1 aromatic heterocycles. The third-order valence-corrected chi connectivity index (χ3v) is 4.16. The smallest absolute Gasteiger partial charge is 0.148 e. The van der Waals surface area contributed by atoms with Gasteiger partial charge < -0.3 is 0 Å². The summed E-state index contributed by atoms with van der Waals surface area (Å²) in [5, 5.41) is 0. The average Bonchev–Trinajstić information content (AvgIpc) is 3.22. The van der Waals surface area contributed by atoms with Crippen molar-refractivity contribution in [3.05, 3.63) is 34.1 Å². The van der Waals surface area contributed by atoms with Crippen molar-refractivity contribution in [3.63, 3.8) is 0 Å². The summed E-state index contributed by atoms with van der Waals surface area (Å²) in [4.78, 5) is 6.68. The molecule has 0 atom stereocenters. The Hall–Kier alpha value is -0.740. The highest BCUT2D eigenvalue weighted by atomic mass is 79.9. The van der Waals surface area contributed by atoms with E-state index in [-0.39, 0.29) is 5.83 Å². The van der Waals surface area contributed by atoms with E-state index in [2.05, 4.69) is 25.8 Å². The van der Waals surface area contributed by atoms with Crippen LogP contribution in [0.1, 0.15) is 31.4 Å². The fourth-order valence-corrected chi connectivity index (χ4v) is 2.87. The van der Waals surface area contributed by atoms with Crippen molar-refractivity contribution in [2.75, 3.05) is 13.1 Å². The maximum atomic E-state index is 14.3. The maximum absolute atomic E-state index is 14.3. The van der Waals surface area contributed by atoms with Crippen LogP contribution in [0.2, 0.25) is 0 Å². The van der Waals surface area contributed by atoms with E-state index in [4.69, 9.17) is 0 Å². The number of aromatic nitrogens is 1. The number of piperidine rings is 1. The van der Waals surface area contributed by atoms with Crippen LogP contribution in [0.25, 0.3) is 5.83 Å². The Morgan fingerprint density at radius 3 is 2.61 bits per heavy atom. The minimum absolute atomic E-state index is 0.119. The van der Waals surface area contributed by atoms with Crippen LogP contribution in [0.3, 0.4) is 0 Å². The van der Waals surface area contributed by atoms with E-state index < -0.39 is 0 Å². The first-order valence-electron chi connectivity index (χ1n) is 6.48. The highest BCUT2D eigenvalue weighted by Crippen LogP contribution is 2.33. The molecule has 1 saturated carbocycles. The van der Waals surface area contributed by atoms with Crippen molar-refractivity contribution in [2.45, 2.75) is 31.7 Å². The first kappa shape index (κ1) is 12.3. The molecule has 0 bridgehead atoms. The van der Waals surface area contributed by atoms with Gasteiger partial charge in [-0.25, -0.2) is 9.37 Å². The van der Waals surface area contributed by atoms with Crippen molar-refractivity contribution >= 4 is 21.8 Å². The second-order valence-corrected chi connectivity index (χ2v) is 5.84. The summed E-state index contributed by atoms with van der Waals surface area (Å²) >= 11 is 3.28. The topological polar surface area (TPSA) is 16.1 Å². The van der Waals surface area contributed by atoms with Gasteiger partial charge in [-0.1, -0.05) is 6.07 Å². The monoisotopic (exact) mass is 310 g/mol. The predicted molar refractivity (Wildman–Crippen MR) is 73.8 cm³/mol. The summed E-state index contributed by atoms with van der Waals surface area (Å²) in [5.74, 6) is -0.119. The highest BCUT2D eigenvalue weighted by Gasteiger charge is 2.31. The summed E-state index contributed by atoms with van der Waals surface area (Å²) in [5.41, 5.74) is 1.39. The quantitative estimate of drug-likeness (QED) is 0.773. The molecule has 0 aromatic carbocycles. The molecule has 0 spiro atoms. The Morgan fingerprint density at radius 2 is 2.00 bits per heavy atom. The second kappa shape index (κ2) is 5.10. The van der Waals surface area contributed by atoms with Gasteiger partial charge in [0.15, 0.2) is 0 Å². The van der Waals surface area contributed by atoms with Crippen molar-refractivity contribution < 1.29 is 4.39 Å². The number of hydrogen-bond acceptors (Lipinski definition) is 2. The van der Waals surface area contributed by atoms with Crippen LogP contribution in [0.15, 0.2) is 28.4 Å². The molecule has 0 amide bonds. The Kier molecular flexibility index (Phi) is 3.48. The fourth-order valence-electron chi connectivity index (χ4n) is 2.53. The largest absolute Gasteiger partial charge is 0.300 e. The molecule has 4 heteroatoms. The summed E-state index contributed by atoms with van der Waals surface area (Å²) in [7, 11) is 0. The van der Waals surface area contributed by atoms with Crippen molar-refractivity contribution in [1.29, 1.82) is 0 Å². The third kappa shape index (κ3) is 2.64. The zero-order valence-corrected chi connectivity index (χ0v) is 11.8. The molecule has 0 radical (unpaired) electrons. The summed E-state index contributed by atoms with van der Waals surface area (Å²) in [6.45, 7) is 2.00. The predicted octanol–water partition coefficient (Wildman–Crippen LogP) is 3.78. The normalized spacial score (nSPS) is 21.1. The van der Waals surface area contributed by atoms with Crippen molar-refractivity contribution in [2.24, 2.45) is 0 Å². The Balaban J connectivity index is 1.74. The lowest BCUT2D eigenvalue weighted by Crippen LogP contribution is -2.32. The van der Waals surface area contributed by atoms with E-state index in [1.165, 1.54) is 12.8 Å². The van der Waals surface area contributed by atoms with E-state index >= 15 is 0 Å². The van der Waals surface area contributed by atoms with Gasteiger partial charge in [-0.05, 0) is 59.3 Å². The van der Waals surface area contributed by atoms with Gasteiger partial charge in [-0.15, -0.1) is 0 Å². The molecule has 1 aliphatic carbocycles. The second-order valence-electron chi connectivity index (χ2n) is 5.03. The lowest BCUT2D eigenvalue weighted by Gasteiger charge is -2.28. The number of pyridine rings is 1. The average molecular weight is 311 g/mol. The first-order chi connectivity index (χ1) is 8.74. The fraction of sp³-hybridized carbons (Fsp3) is 0.500. The standard InChI is InChI=1S/C14H16BrFN2/c15-13-3-1-2-12(17-13)14(16)10-6-8-18(9-7-10)11-4-5-11/h1-3,11H,4-9H2. The number of likely N-dealkylation sites (tertiary alicyclic amines) is 1. The third-order valence-electron chi connectivity index (χ3n) is 3.72. The van der Waals surface area contributed by atoms with Gasteiger partial charge in [-0.2, -0.15) is 0 Å². The molecule has 2 aliphatic rings. The van der Waals surface area contributed by atoms with E-state index in [9.17, 15) is 4.39 Å². The first-order valence-corrected chi connectivity index (χ1v) is 7.28. The Bertz CT molecular complexity index is 472. The molecule has 0 unspecified atom stereocenters. The number of halogens is 2. The molecule has 96 valence electrons. The molecular formula is C14H16BrFN2. The van der Waals surface area contributed by atoms with E-state index in [1.807, 2.05) is 12.1 Å². The number of rotatable bonds is 2. The SMILES string of the molecule is FC(=C1CCN(C2CC2)CC1)c1cccc(Br)n1. The molecule has 2 nitrogen and oxygen atoms in total. The van der Waals surface area contributed by atoms with Crippen molar-refractivity contribution in [1.82, 2.24) is 9.88 Å². The lowest BCUT2D eigenvalue weighted by molar-refractivity contribution is 0.246. The van der Waals surface area contributed by atoms with Crippen LogP contribution in [0.4, 0.5) is 4.39 Å². The number of hydrogen-bond donors (Lipinski definition) is 0. The molecule has 1 aliphatic heterocycles. The van der Waals surface area contributed by atoms with E-state index in [0.717, 1.165) is 37.5 Å². The minimum Gasteiger partial charge on any atom is -0.300 e. The zero-order chi connectivity index (χ0) is 12.5. The minimum atomic E-state index is -0.119. The molecule has 2 heterocycles. The van der Waals surface area contributed by atoms with Gasteiger partial charge in [0.1, 0.15) is 10.4 Å². The van der Waals surface area contributed by atoms with Gasteiger partial charge in [0, 0.05) is 19.1 Å². The maximum Gasteiger partial charge on any atom is 0.148 e. The summed E-state index contributed by atoms with van der Waals surface area (Å²) in [6.07, 6.45) is 4.34. The van der Waals surface area contributed by atoms with Crippen LogP contribution in [-0.2, 0) is 0 Å². The lowest BCUT2D eigenvalue weighted by atomic mass is 10.0.